The summed E-state index contributed by atoms with van der Waals surface area (Å²) in [7, 11) is 0. The molecule has 0 saturated heterocycles. The highest BCUT2D eigenvalue weighted by atomic mass is 19.1. The predicted octanol–water partition coefficient (Wildman–Crippen LogP) is 2.20. The number of carbonyl (C=O) groups is 1. The summed E-state index contributed by atoms with van der Waals surface area (Å²) in [6.45, 7) is -0.229. The van der Waals surface area contributed by atoms with Crippen LogP contribution in [0.15, 0.2) is 24.3 Å². The molecule has 0 amide bonds. The Hall–Kier alpha value is -1.98. The first-order valence-corrected chi connectivity index (χ1v) is 3.65. The third kappa shape index (κ3) is 2.81. The third-order valence-electron chi connectivity index (χ3n) is 1.50. The van der Waals surface area contributed by atoms with Gasteiger partial charge in [0.1, 0.15) is 6.61 Å². The minimum absolute atomic E-state index is 0.0691. The summed E-state index contributed by atoms with van der Waals surface area (Å²) in [4.78, 5) is 19.5. The molecule has 0 unspecified atom stereocenters. The summed E-state index contributed by atoms with van der Waals surface area (Å²) < 4.78 is 15.7. The standard InChI is InChI=1S/C8H6FNO4/c9-8(11)14-5-6-1-3-7(4-2-6)10(12)13/h1-4H,5H2. The number of rotatable bonds is 3. The number of ether oxygens (including phenoxy) is 1. The zero-order chi connectivity index (χ0) is 10.6. The maximum Gasteiger partial charge on any atom is 0.495 e. The average Bonchev–Trinajstić information content (AvgIpc) is 2.15. The molecule has 1 aromatic rings. The lowest BCUT2D eigenvalue weighted by Crippen LogP contribution is -1.96. The van der Waals surface area contributed by atoms with Gasteiger partial charge in [0.15, 0.2) is 0 Å². The number of nitro groups is 1. The lowest BCUT2D eigenvalue weighted by Gasteiger charge is -1.98. The summed E-state index contributed by atoms with van der Waals surface area (Å²) in [6.07, 6.45) is -1.87. The molecule has 0 aliphatic carbocycles. The van der Waals surface area contributed by atoms with Crippen LogP contribution >= 0.6 is 0 Å². The smallest absolute Gasteiger partial charge is 0.435 e. The Labute approximate surface area is 78.3 Å². The molecule has 0 spiro atoms. The molecular weight excluding hydrogens is 193 g/mol. The van der Waals surface area contributed by atoms with E-state index in [1.54, 1.807) is 0 Å². The summed E-state index contributed by atoms with van der Waals surface area (Å²) in [6, 6.07) is 5.28. The van der Waals surface area contributed by atoms with Crippen molar-refractivity contribution in [3.05, 3.63) is 39.9 Å². The van der Waals surface area contributed by atoms with Crippen LogP contribution in [0.25, 0.3) is 0 Å². The lowest BCUT2D eigenvalue weighted by molar-refractivity contribution is -0.384. The van der Waals surface area contributed by atoms with Gasteiger partial charge >= 0.3 is 6.22 Å². The highest BCUT2D eigenvalue weighted by Gasteiger charge is 2.05. The number of hydrogen-bond acceptors (Lipinski definition) is 4. The van der Waals surface area contributed by atoms with E-state index in [0.29, 0.717) is 5.56 Å². The van der Waals surface area contributed by atoms with Gasteiger partial charge in [-0.25, -0.2) is 4.79 Å². The molecule has 74 valence electrons. The minimum Gasteiger partial charge on any atom is -0.435 e. The Balaban J connectivity index is 2.64. The number of hydrogen-bond donors (Lipinski definition) is 0. The van der Waals surface area contributed by atoms with Gasteiger partial charge < -0.3 is 4.74 Å². The molecule has 5 nitrogen and oxygen atoms in total. The van der Waals surface area contributed by atoms with Crippen LogP contribution in [0.2, 0.25) is 0 Å². The van der Waals surface area contributed by atoms with E-state index in [-0.39, 0.29) is 12.3 Å². The molecule has 6 heteroatoms. The molecule has 0 bridgehead atoms. The van der Waals surface area contributed by atoms with Crippen LogP contribution < -0.4 is 0 Å². The Morgan fingerprint density at radius 1 is 1.43 bits per heavy atom. The monoisotopic (exact) mass is 199 g/mol. The van der Waals surface area contributed by atoms with E-state index in [0.717, 1.165) is 0 Å². The largest absolute Gasteiger partial charge is 0.495 e. The van der Waals surface area contributed by atoms with Crippen molar-refractivity contribution in [2.75, 3.05) is 0 Å². The Morgan fingerprint density at radius 2 is 2.00 bits per heavy atom. The lowest BCUT2D eigenvalue weighted by atomic mass is 10.2. The maximum absolute atomic E-state index is 11.6. The molecule has 0 aliphatic rings. The van der Waals surface area contributed by atoms with Crippen LogP contribution in [-0.4, -0.2) is 11.1 Å². The van der Waals surface area contributed by atoms with E-state index in [2.05, 4.69) is 4.74 Å². The first-order chi connectivity index (χ1) is 6.59. The van der Waals surface area contributed by atoms with Gasteiger partial charge in [0.25, 0.3) is 5.69 Å². The fourth-order valence-corrected chi connectivity index (χ4v) is 0.854. The molecule has 0 aromatic heterocycles. The molecule has 0 heterocycles. The second-order valence-corrected chi connectivity index (χ2v) is 2.45. The molecule has 0 atom stereocenters. The summed E-state index contributed by atoms with van der Waals surface area (Å²) in [5.74, 6) is 0. The number of nitrogens with zero attached hydrogens (tertiary/aromatic N) is 1. The molecule has 0 saturated carbocycles. The number of non-ortho nitro benzene ring substituents is 1. The first-order valence-electron chi connectivity index (χ1n) is 3.65. The first kappa shape index (κ1) is 10.1. The maximum atomic E-state index is 11.6. The molecule has 0 radical (unpaired) electrons. The highest BCUT2D eigenvalue weighted by molar-refractivity contribution is 5.58. The van der Waals surface area contributed by atoms with Crippen molar-refractivity contribution >= 4 is 11.9 Å². The SMILES string of the molecule is O=C(F)OCc1ccc([N+](=O)[O-])cc1. The second-order valence-electron chi connectivity index (χ2n) is 2.45. The molecule has 0 fully saturated rings. The van der Waals surface area contributed by atoms with Crippen LogP contribution in [0.3, 0.4) is 0 Å². The Kier molecular flexibility index (Phi) is 3.11. The average molecular weight is 199 g/mol. The van der Waals surface area contributed by atoms with Crippen LogP contribution in [0, 0.1) is 10.1 Å². The molecule has 1 rings (SSSR count). The van der Waals surface area contributed by atoms with Crippen LogP contribution in [-0.2, 0) is 11.3 Å². The normalized spacial score (nSPS) is 9.50. The second kappa shape index (κ2) is 4.31. The van der Waals surface area contributed by atoms with Gasteiger partial charge in [-0.2, -0.15) is 0 Å². The van der Waals surface area contributed by atoms with Crippen molar-refractivity contribution in [1.82, 2.24) is 0 Å². The van der Waals surface area contributed by atoms with Crippen molar-refractivity contribution in [3.8, 4) is 0 Å². The topological polar surface area (TPSA) is 69.4 Å². The summed E-state index contributed by atoms with van der Waals surface area (Å²) in [5.41, 5.74) is 0.418. The van der Waals surface area contributed by atoms with Crippen molar-refractivity contribution in [2.45, 2.75) is 6.61 Å². The van der Waals surface area contributed by atoms with Crippen molar-refractivity contribution < 1.29 is 18.8 Å². The molecule has 1 aromatic carbocycles. The van der Waals surface area contributed by atoms with Crippen LogP contribution in [0.5, 0.6) is 0 Å². The van der Waals surface area contributed by atoms with E-state index >= 15 is 0 Å². The van der Waals surface area contributed by atoms with E-state index in [9.17, 15) is 19.3 Å². The van der Waals surface area contributed by atoms with Crippen LogP contribution in [0.4, 0.5) is 14.9 Å². The zero-order valence-corrected chi connectivity index (χ0v) is 6.97. The van der Waals surface area contributed by atoms with E-state index in [1.165, 1.54) is 24.3 Å². The summed E-state index contributed by atoms with van der Waals surface area (Å²) in [5, 5.41) is 10.2. The molecule has 14 heavy (non-hydrogen) atoms. The minimum atomic E-state index is -1.87. The predicted molar refractivity (Wildman–Crippen MR) is 44.4 cm³/mol. The van der Waals surface area contributed by atoms with Gasteiger partial charge in [-0.05, 0) is 17.7 Å². The Morgan fingerprint density at radius 3 is 2.43 bits per heavy atom. The fourth-order valence-electron chi connectivity index (χ4n) is 0.854. The number of benzene rings is 1. The van der Waals surface area contributed by atoms with Gasteiger partial charge in [-0.15, -0.1) is 4.39 Å². The molecule has 0 N–H and O–H groups in total. The quantitative estimate of drug-likeness (QED) is 0.425. The Bertz CT molecular complexity index is 349. The molecular formula is C8H6FNO4. The van der Waals surface area contributed by atoms with Crippen molar-refractivity contribution in [1.29, 1.82) is 0 Å². The van der Waals surface area contributed by atoms with E-state index < -0.39 is 11.1 Å². The zero-order valence-electron chi connectivity index (χ0n) is 6.97. The fraction of sp³-hybridized carbons (Fsp3) is 0.125. The van der Waals surface area contributed by atoms with Gasteiger partial charge in [0.05, 0.1) is 4.92 Å². The molecule has 0 aliphatic heterocycles. The van der Waals surface area contributed by atoms with Gasteiger partial charge in [0.2, 0.25) is 0 Å². The van der Waals surface area contributed by atoms with E-state index in [4.69, 9.17) is 0 Å². The number of carbonyl (C=O) groups excluding carboxylic acids is 1. The van der Waals surface area contributed by atoms with Crippen LogP contribution in [0.1, 0.15) is 5.56 Å². The number of halogens is 1. The van der Waals surface area contributed by atoms with Gasteiger partial charge in [0, 0.05) is 12.1 Å². The number of nitro benzene ring substituents is 1. The van der Waals surface area contributed by atoms with Crippen molar-refractivity contribution in [2.24, 2.45) is 0 Å². The highest BCUT2D eigenvalue weighted by Crippen LogP contribution is 2.12. The van der Waals surface area contributed by atoms with E-state index in [1.807, 2.05) is 0 Å². The van der Waals surface area contributed by atoms with Gasteiger partial charge in [-0.1, -0.05) is 0 Å². The third-order valence-corrected chi connectivity index (χ3v) is 1.50. The van der Waals surface area contributed by atoms with Crippen molar-refractivity contribution in [3.63, 3.8) is 0 Å². The van der Waals surface area contributed by atoms with Gasteiger partial charge in [-0.3, -0.25) is 10.1 Å². The summed E-state index contributed by atoms with van der Waals surface area (Å²) >= 11 is 0.